The summed E-state index contributed by atoms with van der Waals surface area (Å²) in [4.78, 5) is 14.8. The molecule has 2 atom stereocenters. The van der Waals surface area contributed by atoms with Gasteiger partial charge in [0.15, 0.2) is 0 Å². The summed E-state index contributed by atoms with van der Waals surface area (Å²) >= 11 is 0. The van der Waals surface area contributed by atoms with E-state index in [1.54, 1.807) is 0 Å². The Balaban J connectivity index is 1.51. The van der Waals surface area contributed by atoms with Gasteiger partial charge in [0.2, 0.25) is 5.91 Å². The highest BCUT2D eigenvalue weighted by Crippen LogP contribution is 2.27. The first kappa shape index (κ1) is 13.8. The van der Waals surface area contributed by atoms with Crippen LogP contribution >= 0.6 is 0 Å². The Hall–Kier alpha value is -1.87. The fourth-order valence-corrected chi connectivity index (χ4v) is 3.98. The number of nitrogens with one attached hydrogen (secondary N) is 1. The van der Waals surface area contributed by atoms with Crippen molar-refractivity contribution in [3.05, 3.63) is 48.0 Å². The van der Waals surface area contributed by atoms with Crippen LogP contribution in [0, 0.1) is 11.8 Å². The summed E-state index contributed by atoms with van der Waals surface area (Å²) in [5, 5.41) is 5.88. The zero-order valence-electron chi connectivity index (χ0n) is 12.8. The third-order valence-corrected chi connectivity index (χ3v) is 5.28. The van der Waals surface area contributed by atoms with Crippen LogP contribution in [0.2, 0.25) is 0 Å². The highest BCUT2D eigenvalue weighted by Gasteiger charge is 2.34. The summed E-state index contributed by atoms with van der Waals surface area (Å²) in [5.41, 5.74) is 1.15. The predicted molar refractivity (Wildman–Crippen MR) is 88.7 cm³/mol. The molecule has 2 unspecified atom stereocenters. The molecule has 1 N–H and O–H groups in total. The molecule has 22 heavy (non-hydrogen) atoms. The van der Waals surface area contributed by atoms with Gasteiger partial charge in [-0.05, 0) is 47.7 Å². The van der Waals surface area contributed by atoms with Gasteiger partial charge in [-0.25, -0.2) is 0 Å². The summed E-state index contributed by atoms with van der Waals surface area (Å²) in [7, 11) is 0. The fraction of sp³-hybridized carbons (Fsp3) is 0.421. The van der Waals surface area contributed by atoms with E-state index >= 15 is 0 Å². The van der Waals surface area contributed by atoms with Crippen molar-refractivity contribution in [1.29, 1.82) is 0 Å². The molecule has 0 aliphatic carbocycles. The molecule has 3 nitrogen and oxygen atoms in total. The van der Waals surface area contributed by atoms with Gasteiger partial charge >= 0.3 is 0 Å². The Morgan fingerprint density at radius 2 is 1.91 bits per heavy atom. The second kappa shape index (κ2) is 5.73. The normalized spacial score (nSPS) is 24.5. The molecule has 2 aromatic carbocycles. The Morgan fingerprint density at radius 1 is 1.09 bits per heavy atom. The highest BCUT2D eigenvalue weighted by atomic mass is 16.2. The number of piperidine rings is 1. The van der Waals surface area contributed by atoms with Crippen LogP contribution in [0.15, 0.2) is 42.5 Å². The molecule has 4 rings (SSSR count). The van der Waals surface area contributed by atoms with Gasteiger partial charge in [0, 0.05) is 13.1 Å². The summed E-state index contributed by atoms with van der Waals surface area (Å²) in [6.45, 7) is 4.06. The maximum Gasteiger partial charge on any atom is 0.227 e. The van der Waals surface area contributed by atoms with Gasteiger partial charge in [0.05, 0.1) is 6.42 Å². The number of nitrogens with zero attached hydrogens (tertiary/aromatic N) is 1. The van der Waals surface area contributed by atoms with Crippen LogP contribution in [0.4, 0.5) is 0 Å². The van der Waals surface area contributed by atoms with E-state index in [2.05, 4.69) is 40.5 Å². The van der Waals surface area contributed by atoms with E-state index in [0.29, 0.717) is 12.3 Å². The van der Waals surface area contributed by atoms with Gasteiger partial charge in [-0.2, -0.15) is 0 Å². The van der Waals surface area contributed by atoms with Crippen molar-refractivity contribution in [2.45, 2.75) is 12.8 Å². The Morgan fingerprint density at radius 3 is 2.86 bits per heavy atom. The molecular weight excluding hydrogens is 272 g/mol. The largest absolute Gasteiger partial charge is 0.342 e. The van der Waals surface area contributed by atoms with E-state index in [0.717, 1.165) is 44.1 Å². The molecule has 2 saturated heterocycles. The minimum atomic E-state index is 0.279. The van der Waals surface area contributed by atoms with Crippen LogP contribution in [0.25, 0.3) is 10.8 Å². The van der Waals surface area contributed by atoms with Crippen molar-refractivity contribution in [3.8, 4) is 0 Å². The van der Waals surface area contributed by atoms with Gasteiger partial charge in [-0.1, -0.05) is 42.5 Å². The van der Waals surface area contributed by atoms with Crippen LogP contribution in [0.3, 0.4) is 0 Å². The van der Waals surface area contributed by atoms with Crippen LogP contribution in [0.5, 0.6) is 0 Å². The number of hydrogen-bond acceptors (Lipinski definition) is 2. The number of carbonyl (C=O) groups is 1. The molecule has 0 bridgehead atoms. The lowest BCUT2D eigenvalue weighted by molar-refractivity contribution is -0.132. The van der Waals surface area contributed by atoms with Gasteiger partial charge in [-0.15, -0.1) is 0 Å². The molecule has 114 valence electrons. The number of amides is 1. The van der Waals surface area contributed by atoms with Gasteiger partial charge < -0.3 is 10.2 Å². The number of fused-ring (bicyclic) bond motifs is 2. The highest BCUT2D eigenvalue weighted by molar-refractivity contribution is 5.90. The quantitative estimate of drug-likeness (QED) is 0.923. The van der Waals surface area contributed by atoms with Crippen LogP contribution < -0.4 is 5.32 Å². The SMILES string of the molecule is O=C(Cc1cccc2ccccc12)N1CCC2CNCC2C1. The van der Waals surface area contributed by atoms with Crippen molar-refractivity contribution >= 4 is 16.7 Å². The number of benzene rings is 2. The molecule has 0 spiro atoms. The second-order valence-electron chi connectivity index (χ2n) is 6.62. The maximum atomic E-state index is 12.7. The summed E-state index contributed by atoms with van der Waals surface area (Å²) < 4.78 is 0. The Labute approximate surface area is 131 Å². The van der Waals surface area contributed by atoms with Crippen LogP contribution in [0.1, 0.15) is 12.0 Å². The van der Waals surface area contributed by atoms with Crippen molar-refractivity contribution in [2.75, 3.05) is 26.2 Å². The third-order valence-electron chi connectivity index (χ3n) is 5.28. The summed E-state index contributed by atoms with van der Waals surface area (Å²) in [6, 6.07) is 14.6. The molecule has 2 fully saturated rings. The van der Waals surface area contributed by atoms with E-state index in [-0.39, 0.29) is 5.91 Å². The minimum Gasteiger partial charge on any atom is -0.342 e. The zero-order chi connectivity index (χ0) is 14.9. The molecule has 0 aromatic heterocycles. The second-order valence-corrected chi connectivity index (χ2v) is 6.62. The fourth-order valence-electron chi connectivity index (χ4n) is 3.98. The number of rotatable bonds is 2. The first-order chi connectivity index (χ1) is 10.8. The molecule has 3 heteroatoms. The maximum absolute atomic E-state index is 12.7. The molecule has 2 aliphatic heterocycles. The molecule has 1 amide bonds. The number of carbonyl (C=O) groups excluding carboxylic acids is 1. The van der Waals surface area contributed by atoms with Crippen LogP contribution in [-0.2, 0) is 11.2 Å². The third kappa shape index (κ3) is 2.50. The average Bonchev–Trinajstić information content (AvgIpc) is 3.02. The number of hydrogen-bond donors (Lipinski definition) is 1. The summed E-state index contributed by atoms with van der Waals surface area (Å²) in [6.07, 6.45) is 1.67. The van der Waals surface area contributed by atoms with Crippen molar-refractivity contribution < 1.29 is 4.79 Å². The Kier molecular flexibility index (Phi) is 3.59. The van der Waals surface area contributed by atoms with Gasteiger partial charge in [0.25, 0.3) is 0 Å². The minimum absolute atomic E-state index is 0.279. The zero-order valence-corrected chi connectivity index (χ0v) is 12.8. The van der Waals surface area contributed by atoms with E-state index < -0.39 is 0 Å². The molecule has 0 saturated carbocycles. The molecule has 0 radical (unpaired) electrons. The predicted octanol–water partition coefficient (Wildman–Crippen LogP) is 2.45. The monoisotopic (exact) mass is 294 g/mol. The number of likely N-dealkylation sites (tertiary alicyclic amines) is 1. The molecular formula is C19H22N2O. The topological polar surface area (TPSA) is 32.3 Å². The lowest BCUT2D eigenvalue weighted by Crippen LogP contribution is -2.44. The van der Waals surface area contributed by atoms with Crippen molar-refractivity contribution in [3.63, 3.8) is 0 Å². The first-order valence-electron chi connectivity index (χ1n) is 8.26. The standard InChI is InChI=1S/C19H22N2O/c22-19(21-9-8-16-11-20-12-17(16)13-21)10-15-6-3-5-14-4-1-2-7-18(14)15/h1-7,16-17,20H,8-13H2. The molecule has 2 aromatic rings. The lowest BCUT2D eigenvalue weighted by atomic mass is 9.88. The smallest absolute Gasteiger partial charge is 0.227 e. The van der Waals surface area contributed by atoms with E-state index in [1.165, 1.54) is 10.8 Å². The van der Waals surface area contributed by atoms with E-state index in [4.69, 9.17) is 0 Å². The van der Waals surface area contributed by atoms with Crippen molar-refractivity contribution in [2.24, 2.45) is 11.8 Å². The Bertz CT molecular complexity index is 691. The average molecular weight is 294 g/mol. The van der Waals surface area contributed by atoms with Crippen molar-refractivity contribution in [1.82, 2.24) is 10.2 Å². The summed E-state index contributed by atoms with van der Waals surface area (Å²) in [5.74, 6) is 1.72. The molecule has 2 heterocycles. The van der Waals surface area contributed by atoms with E-state index in [1.807, 2.05) is 12.1 Å². The van der Waals surface area contributed by atoms with Crippen LogP contribution in [-0.4, -0.2) is 37.0 Å². The van der Waals surface area contributed by atoms with Gasteiger partial charge in [0.1, 0.15) is 0 Å². The van der Waals surface area contributed by atoms with Gasteiger partial charge in [-0.3, -0.25) is 4.79 Å². The first-order valence-corrected chi connectivity index (χ1v) is 8.26. The molecule has 2 aliphatic rings. The van der Waals surface area contributed by atoms with E-state index in [9.17, 15) is 4.79 Å². The lowest BCUT2D eigenvalue weighted by Gasteiger charge is -2.34.